The standard InChI is InChI=1S/C19H22ClNOS/c1-15-8-10-17(11-9-15)23-14-12-19(22)21-13-4-6-16-5-2-3-7-18(16)20/h2-3,5,7-11H,4,6,12-14H2,1H3,(H,21,22). The average Bonchev–Trinajstić information content (AvgIpc) is 2.55. The van der Waals surface area contributed by atoms with Crippen LogP contribution in [0.1, 0.15) is 24.0 Å². The second-order valence-corrected chi connectivity index (χ2v) is 7.03. The molecule has 0 aliphatic heterocycles. The molecule has 1 N–H and O–H groups in total. The highest BCUT2D eigenvalue weighted by Gasteiger charge is 2.03. The molecule has 0 saturated heterocycles. The predicted octanol–water partition coefficient (Wildman–Crippen LogP) is 4.88. The number of halogens is 1. The van der Waals surface area contributed by atoms with Gasteiger partial charge in [-0.3, -0.25) is 4.79 Å². The molecule has 1 amide bonds. The third kappa shape index (κ3) is 6.67. The molecule has 2 rings (SSSR count). The maximum atomic E-state index is 11.8. The Morgan fingerprint density at radius 1 is 1.13 bits per heavy atom. The molecule has 0 heterocycles. The van der Waals surface area contributed by atoms with Crippen LogP contribution in [0.25, 0.3) is 0 Å². The first-order valence-corrected chi connectivity index (χ1v) is 9.21. The topological polar surface area (TPSA) is 29.1 Å². The van der Waals surface area contributed by atoms with Crippen molar-refractivity contribution in [3.05, 3.63) is 64.7 Å². The highest BCUT2D eigenvalue weighted by Crippen LogP contribution is 2.19. The molecule has 4 heteroatoms. The van der Waals surface area contributed by atoms with Crippen LogP contribution in [0.15, 0.2) is 53.4 Å². The van der Waals surface area contributed by atoms with Crippen LogP contribution < -0.4 is 5.32 Å². The predicted molar refractivity (Wildman–Crippen MR) is 99.3 cm³/mol. The summed E-state index contributed by atoms with van der Waals surface area (Å²) in [6.07, 6.45) is 2.34. The molecule has 0 aliphatic carbocycles. The second kappa shape index (κ2) is 9.64. The van der Waals surface area contributed by atoms with Crippen molar-refractivity contribution < 1.29 is 4.79 Å². The van der Waals surface area contributed by atoms with Crippen LogP contribution in [0.2, 0.25) is 5.02 Å². The fourth-order valence-electron chi connectivity index (χ4n) is 2.19. The van der Waals surface area contributed by atoms with Gasteiger partial charge in [0.25, 0.3) is 0 Å². The van der Waals surface area contributed by atoms with E-state index in [2.05, 4.69) is 36.5 Å². The molecule has 0 radical (unpaired) electrons. The fraction of sp³-hybridized carbons (Fsp3) is 0.316. The lowest BCUT2D eigenvalue weighted by molar-refractivity contribution is -0.120. The van der Waals surface area contributed by atoms with Gasteiger partial charge in [-0.05, 0) is 43.5 Å². The van der Waals surface area contributed by atoms with Crippen LogP contribution in [-0.2, 0) is 11.2 Å². The Kier molecular flexibility index (Phi) is 7.50. The smallest absolute Gasteiger partial charge is 0.220 e. The Morgan fingerprint density at radius 2 is 1.87 bits per heavy atom. The number of amides is 1. The first-order valence-electron chi connectivity index (χ1n) is 7.85. The van der Waals surface area contributed by atoms with E-state index in [0.717, 1.165) is 29.2 Å². The minimum absolute atomic E-state index is 0.115. The Morgan fingerprint density at radius 3 is 2.61 bits per heavy atom. The van der Waals surface area contributed by atoms with Crippen LogP contribution >= 0.6 is 23.4 Å². The van der Waals surface area contributed by atoms with Crippen molar-refractivity contribution in [2.45, 2.75) is 31.1 Å². The van der Waals surface area contributed by atoms with E-state index in [1.54, 1.807) is 11.8 Å². The van der Waals surface area contributed by atoms with Gasteiger partial charge in [0.1, 0.15) is 0 Å². The highest BCUT2D eigenvalue weighted by molar-refractivity contribution is 7.99. The number of hydrogen-bond acceptors (Lipinski definition) is 2. The Bertz CT molecular complexity index is 628. The largest absolute Gasteiger partial charge is 0.356 e. The quantitative estimate of drug-likeness (QED) is 0.544. The maximum absolute atomic E-state index is 11.8. The van der Waals surface area contributed by atoms with E-state index in [0.29, 0.717) is 13.0 Å². The van der Waals surface area contributed by atoms with Crippen molar-refractivity contribution in [2.75, 3.05) is 12.3 Å². The number of rotatable bonds is 8. The number of nitrogens with one attached hydrogen (secondary N) is 1. The zero-order chi connectivity index (χ0) is 16.5. The average molecular weight is 348 g/mol. The number of thioether (sulfide) groups is 1. The summed E-state index contributed by atoms with van der Waals surface area (Å²) in [5.74, 6) is 0.920. The lowest BCUT2D eigenvalue weighted by atomic mass is 10.1. The second-order valence-electron chi connectivity index (χ2n) is 5.46. The van der Waals surface area contributed by atoms with E-state index in [9.17, 15) is 4.79 Å². The van der Waals surface area contributed by atoms with E-state index in [1.807, 2.05) is 24.3 Å². The minimum Gasteiger partial charge on any atom is -0.356 e. The molecular weight excluding hydrogens is 326 g/mol. The normalized spacial score (nSPS) is 10.5. The molecule has 0 spiro atoms. The van der Waals surface area contributed by atoms with Crippen LogP contribution in [0, 0.1) is 6.92 Å². The molecular formula is C19H22ClNOS. The Labute approximate surface area is 147 Å². The summed E-state index contributed by atoms with van der Waals surface area (Å²) in [5, 5.41) is 3.77. The molecule has 0 aromatic heterocycles. The molecule has 0 unspecified atom stereocenters. The van der Waals surface area contributed by atoms with Crippen molar-refractivity contribution in [1.29, 1.82) is 0 Å². The maximum Gasteiger partial charge on any atom is 0.220 e. The summed E-state index contributed by atoms with van der Waals surface area (Å²) in [4.78, 5) is 13.0. The number of carbonyl (C=O) groups excluding carboxylic acids is 1. The van der Waals surface area contributed by atoms with Gasteiger partial charge in [0, 0.05) is 28.6 Å². The Hall–Kier alpha value is -1.45. The van der Waals surface area contributed by atoms with Crippen LogP contribution in [-0.4, -0.2) is 18.2 Å². The minimum atomic E-state index is 0.115. The van der Waals surface area contributed by atoms with Gasteiger partial charge in [-0.2, -0.15) is 0 Å². The number of hydrogen-bond donors (Lipinski definition) is 1. The third-order valence-corrected chi connectivity index (χ3v) is 4.90. The highest BCUT2D eigenvalue weighted by atomic mass is 35.5. The van der Waals surface area contributed by atoms with Crippen molar-refractivity contribution >= 4 is 29.3 Å². The van der Waals surface area contributed by atoms with Gasteiger partial charge in [-0.25, -0.2) is 0 Å². The number of carbonyl (C=O) groups is 1. The van der Waals surface area contributed by atoms with Crippen LogP contribution in [0.4, 0.5) is 0 Å². The van der Waals surface area contributed by atoms with E-state index < -0.39 is 0 Å². The summed E-state index contributed by atoms with van der Waals surface area (Å²) < 4.78 is 0. The van der Waals surface area contributed by atoms with Gasteiger partial charge in [-0.15, -0.1) is 11.8 Å². The Balaban J connectivity index is 1.58. The molecule has 122 valence electrons. The first-order chi connectivity index (χ1) is 11.1. The van der Waals surface area contributed by atoms with Gasteiger partial charge in [0.15, 0.2) is 0 Å². The van der Waals surface area contributed by atoms with Gasteiger partial charge in [-0.1, -0.05) is 47.5 Å². The van der Waals surface area contributed by atoms with Gasteiger partial charge in [0.05, 0.1) is 0 Å². The summed E-state index contributed by atoms with van der Waals surface area (Å²) >= 11 is 7.83. The number of aryl methyl sites for hydroxylation is 2. The molecule has 0 bridgehead atoms. The van der Waals surface area contributed by atoms with Crippen molar-refractivity contribution in [2.24, 2.45) is 0 Å². The molecule has 0 atom stereocenters. The van der Waals surface area contributed by atoms with Crippen LogP contribution in [0.3, 0.4) is 0 Å². The molecule has 0 aliphatic rings. The fourth-order valence-corrected chi connectivity index (χ4v) is 3.27. The van der Waals surface area contributed by atoms with E-state index in [4.69, 9.17) is 11.6 Å². The molecule has 2 aromatic carbocycles. The molecule has 2 nitrogen and oxygen atoms in total. The van der Waals surface area contributed by atoms with Gasteiger partial charge >= 0.3 is 0 Å². The summed E-state index contributed by atoms with van der Waals surface area (Å²) in [5.41, 5.74) is 2.39. The lowest BCUT2D eigenvalue weighted by Crippen LogP contribution is -2.25. The molecule has 0 saturated carbocycles. The molecule has 2 aromatic rings. The third-order valence-electron chi connectivity index (χ3n) is 3.52. The van der Waals surface area contributed by atoms with Crippen molar-refractivity contribution in [3.63, 3.8) is 0 Å². The van der Waals surface area contributed by atoms with Crippen molar-refractivity contribution in [1.82, 2.24) is 5.32 Å². The van der Waals surface area contributed by atoms with Crippen LogP contribution in [0.5, 0.6) is 0 Å². The zero-order valence-electron chi connectivity index (χ0n) is 13.3. The van der Waals surface area contributed by atoms with Gasteiger partial charge < -0.3 is 5.32 Å². The first kappa shape index (κ1) is 17.9. The zero-order valence-corrected chi connectivity index (χ0v) is 14.9. The van der Waals surface area contributed by atoms with E-state index >= 15 is 0 Å². The van der Waals surface area contributed by atoms with E-state index in [1.165, 1.54) is 10.5 Å². The SMILES string of the molecule is Cc1ccc(SCCC(=O)NCCCc2ccccc2Cl)cc1. The van der Waals surface area contributed by atoms with Crippen molar-refractivity contribution in [3.8, 4) is 0 Å². The summed E-state index contributed by atoms with van der Waals surface area (Å²) in [6.45, 7) is 2.77. The van der Waals surface area contributed by atoms with E-state index in [-0.39, 0.29) is 5.91 Å². The molecule has 0 fully saturated rings. The summed E-state index contributed by atoms with van der Waals surface area (Å²) in [7, 11) is 0. The monoisotopic (exact) mass is 347 g/mol. The van der Waals surface area contributed by atoms with Gasteiger partial charge in [0.2, 0.25) is 5.91 Å². The lowest BCUT2D eigenvalue weighted by Gasteiger charge is -2.06. The number of benzene rings is 2. The summed E-state index contributed by atoms with van der Waals surface area (Å²) in [6, 6.07) is 16.2. The molecule has 23 heavy (non-hydrogen) atoms.